The van der Waals surface area contributed by atoms with Crippen LogP contribution in [-0.2, 0) is 4.79 Å². The predicted octanol–water partition coefficient (Wildman–Crippen LogP) is 4.22. The number of imidazole rings is 1. The van der Waals surface area contributed by atoms with E-state index in [4.69, 9.17) is 0 Å². The molecule has 106 valence electrons. The average Bonchev–Trinajstić information content (AvgIpc) is 2.84. The van der Waals surface area contributed by atoms with Crippen LogP contribution in [0.2, 0.25) is 0 Å². The van der Waals surface area contributed by atoms with E-state index in [2.05, 4.69) is 11.6 Å². The minimum Gasteiger partial charge on any atom is -0.320 e. The van der Waals surface area contributed by atoms with Crippen LogP contribution in [0.1, 0.15) is 44.7 Å². The van der Waals surface area contributed by atoms with Crippen LogP contribution in [0.25, 0.3) is 11.0 Å². The number of aryl methyl sites for hydroxylation is 1. The lowest BCUT2D eigenvalue weighted by Gasteiger charge is -2.18. The van der Waals surface area contributed by atoms with Gasteiger partial charge in [-0.25, -0.2) is 4.98 Å². The van der Waals surface area contributed by atoms with Gasteiger partial charge < -0.3 is 4.57 Å². The Morgan fingerprint density at radius 1 is 1.45 bits per heavy atom. The SMILES string of the molecule is C=C(C)CCC(C(=O)CC)n1cnc2c(C)cccc21. The zero-order chi connectivity index (χ0) is 14.7. The van der Waals surface area contributed by atoms with Gasteiger partial charge in [-0.2, -0.15) is 0 Å². The minimum atomic E-state index is -0.136. The molecule has 2 rings (SSSR count). The molecule has 0 saturated heterocycles. The zero-order valence-electron chi connectivity index (χ0n) is 12.5. The van der Waals surface area contributed by atoms with Crippen molar-refractivity contribution in [1.29, 1.82) is 0 Å². The molecule has 1 unspecified atom stereocenters. The number of nitrogens with zero attached hydrogens (tertiary/aromatic N) is 2. The highest BCUT2D eigenvalue weighted by molar-refractivity contribution is 5.86. The van der Waals surface area contributed by atoms with Crippen molar-refractivity contribution in [3.8, 4) is 0 Å². The summed E-state index contributed by atoms with van der Waals surface area (Å²) < 4.78 is 2.02. The number of carbonyl (C=O) groups excluding carboxylic acids is 1. The Morgan fingerprint density at radius 2 is 2.20 bits per heavy atom. The summed E-state index contributed by atoms with van der Waals surface area (Å²) in [5, 5.41) is 0. The average molecular weight is 270 g/mol. The van der Waals surface area contributed by atoms with E-state index >= 15 is 0 Å². The smallest absolute Gasteiger partial charge is 0.155 e. The Kier molecular flexibility index (Phi) is 4.38. The highest BCUT2D eigenvalue weighted by Gasteiger charge is 2.20. The lowest BCUT2D eigenvalue weighted by atomic mass is 10.0. The third-order valence-corrected chi connectivity index (χ3v) is 3.71. The standard InChI is InChI=1S/C17H22N2O/c1-5-16(20)14(10-9-12(2)3)19-11-18-17-13(4)7-6-8-15(17)19/h6-8,11,14H,2,5,9-10H2,1,3-4H3. The second-order valence-electron chi connectivity index (χ2n) is 5.43. The Balaban J connectivity index is 2.43. The van der Waals surface area contributed by atoms with Crippen molar-refractivity contribution >= 4 is 16.8 Å². The molecule has 0 aliphatic heterocycles. The van der Waals surface area contributed by atoms with Gasteiger partial charge in [0.1, 0.15) is 0 Å². The summed E-state index contributed by atoms with van der Waals surface area (Å²) in [5.41, 5.74) is 4.28. The quantitative estimate of drug-likeness (QED) is 0.736. The number of carbonyl (C=O) groups is 1. The highest BCUT2D eigenvalue weighted by Crippen LogP contribution is 2.25. The third kappa shape index (κ3) is 2.82. The van der Waals surface area contributed by atoms with Gasteiger partial charge in [-0.15, -0.1) is 6.58 Å². The van der Waals surface area contributed by atoms with Gasteiger partial charge in [0.2, 0.25) is 0 Å². The molecule has 0 aliphatic carbocycles. The van der Waals surface area contributed by atoms with Gasteiger partial charge in [-0.1, -0.05) is 24.6 Å². The summed E-state index contributed by atoms with van der Waals surface area (Å²) in [6, 6.07) is 5.96. The summed E-state index contributed by atoms with van der Waals surface area (Å²) in [5.74, 6) is 0.257. The molecule has 1 aromatic carbocycles. The summed E-state index contributed by atoms with van der Waals surface area (Å²) in [4.78, 5) is 16.7. The van der Waals surface area contributed by atoms with E-state index in [1.165, 1.54) is 0 Å². The van der Waals surface area contributed by atoms with Gasteiger partial charge in [0.05, 0.1) is 23.4 Å². The monoisotopic (exact) mass is 270 g/mol. The molecule has 0 fully saturated rings. The van der Waals surface area contributed by atoms with Crippen molar-refractivity contribution in [3.63, 3.8) is 0 Å². The van der Waals surface area contributed by atoms with E-state index in [0.29, 0.717) is 6.42 Å². The van der Waals surface area contributed by atoms with E-state index in [0.717, 1.165) is 35.0 Å². The first-order valence-electron chi connectivity index (χ1n) is 7.13. The van der Waals surface area contributed by atoms with Gasteiger partial charge >= 0.3 is 0 Å². The van der Waals surface area contributed by atoms with Crippen LogP contribution >= 0.6 is 0 Å². The van der Waals surface area contributed by atoms with Crippen LogP contribution in [0, 0.1) is 6.92 Å². The van der Waals surface area contributed by atoms with Gasteiger partial charge in [-0.3, -0.25) is 4.79 Å². The molecule has 0 aliphatic rings. The first-order valence-corrected chi connectivity index (χ1v) is 7.13. The first-order chi connectivity index (χ1) is 9.54. The normalized spacial score (nSPS) is 12.6. The van der Waals surface area contributed by atoms with Crippen LogP contribution in [0.5, 0.6) is 0 Å². The lowest BCUT2D eigenvalue weighted by molar-refractivity contribution is -0.122. The van der Waals surface area contributed by atoms with Crippen LogP contribution in [0.3, 0.4) is 0 Å². The van der Waals surface area contributed by atoms with Crippen LogP contribution in [0.15, 0.2) is 36.7 Å². The molecule has 3 nitrogen and oxygen atoms in total. The van der Waals surface area contributed by atoms with Crippen molar-refractivity contribution in [1.82, 2.24) is 9.55 Å². The molecule has 1 heterocycles. The second-order valence-corrected chi connectivity index (χ2v) is 5.43. The number of hydrogen-bond donors (Lipinski definition) is 0. The van der Waals surface area contributed by atoms with Gasteiger partial charge in [0, 0.05) is 6.42 Å². The molecule has 0 radical (unpaired) electrons. The number of aromatic nitrogens is 2. The van der Waals surface area contributed by atoms with E-state index in [9.17, 15) is 4.79 Å². The van der Waals surface area contributed by atoms with E-state index in [-0.39, 0.29) is 11.8 Å². The maximum Gasteiger partial charge on any atom is 0.155 e. The zero-order valence-corrected chi connectivity index (χ0v) is 12.5. The number of hydrogen-bond acceptors (Lipinski definition) is 2. The number of Topliss-reactive ketones (excluding diaryl/α,β-unsaturated/α-hetero) is 1. The summed E-state index contributed by atoms with van der Waals surface area (Å²) in [7, 11) is 0. The number of benzene rings is 1. The molecule has 0 saturated carbocycles. The fourth-order valence-electron chi connectivity index (χ4n) is 2.52. The number of rotatable bonds is 6. The van der Waals surface area contributed by atoms with Crippen molar-refractivity contribution in [2.24, 2.45) is 0 Å². The Hall–Kier alpha value is -1.90. The Labute approximate surface area is 120 Å². The van der Waals surface area contributed by atoms with Gasteiger partial charge in [0.25, 0.3) is 0 Å². The molecular weight excluding hydrogens is 248 g/mol. The van der Waals surface area contributed by atoms with Crippen molar-refractivity contribution in [2.45, 2.75) is 46.1 Å². The number of fused-ring (bicyclic) bond motifs is 1. The molecule has 0 N–H and O–H groups in total. The van der Waals surface area contributed by atoms with Crippen LogP contribution < -0.4 is 0 Å². The third-order valence-electron chi connectivity index (χ3n) is 3.71. The van der Waals surface area contributed by atoms with E-state index in [1.807, 2.05) is 43.5 Å². The molecule has 0 spiro atoms. The van der Waals surface area contributed by atoms with E-state index < -0.39 is 0 Å². The second kappa shape index (κ2) is 6.04. The topological polar surface area (TPSA) is 34.9 Å². The molecule has 20 heavy (non-hydrogen) atoms. The van der Waals surface area contributed by atoms with Crippen molar-refractivity contribution in [2.75, 3.05) is 0 Å². The highest BCUT2D eigenvalue weighted by atomic mass is 16.1. The Morgan fingerprint density at radius 3 is 2.85 bits per heavy atom. The molecule has 1 atom stereocenters. The molecular formula is C17H22N2O. The first kappa shape index (κ1) is 14.5. The molecule has 2 aromatic rings. The Bertz CT molecular complexity index is 639. The summed E-state index contributed by atoms with van der Waals surface area (Å²) in [6.07, 6.45) is 4.00. The van der Waals surface area contributed by atoms with Crippen molar-refractivity contribution < 1.29 is 4.79 Å². The van der Waals surface area contributed by atoms with Gasteiger partial charge in [0.15, 0.2) is 5.78 Å². The number of allylic oxidation sites excluding steroid dienone is 1. The summed E-state index contributed by atoms with van der Waals surface area (Å²) in [6.45, 7) is 9.90. The maximum absolute atomic E-state index is 12.3. The molecule has 0 bridgehead atoms. The molecule has 1 aromatic heterocycles. The van der Waals surface area contributed by atoms with Crippen LogP contribution in [-0.4, -0.2) is 15.3 Å². The summed E-state index contributed by atoms with van der Waals surface area (Å²) >= 11 is 0. The van der Waals surface area contributed by atoms with E-state index in [1.54, 1.807) is 6.33 Å². The van der Waals surface area contributed by atoms with Crippen molar-refractivity contribution in [3.05, 3.63) is 42.2 Å². The predicted molar refractivity (Wildman–Crippen MR) is 82.9 cm³/mol. The molecule has 3 heteroatoms. The number of ketones is 1. The van der Waals surface area contributed by atoms with Crippen LogP contribution in [0.4, 0.5) is 0 Å². The fourth-order valence-corrected chi connectivity index (χ4v) is 2.52. The number of para-hydroxylation sites is 1. The fraction of sp³-hybridized carbons (Fsp3) is 0.412. The minimum absolute atomic E-state index is 0.136. The molecule has 0 amide bonds. The lowest BCUT2D eigenvalue weighted by Crippen LogP contribution is -2.18. The maximum atomic E-state index is 12.3. The largest absolute Gasteiger partial charge is 0.320 e. The van der Waals surface area contributed by atoms with Gasteiger partial charge in [-0.05, 0) is 38.3 Å².